The van der Waals surface area contributed by atoms with Gasteiger partial charge in [-0.1, -0.05) is 31.2 Å². The van der Waals surface area contributed by atoms with Gasteiger partial charge in [-0.15, -0.1) is 0 Å². The molecule has 2 heterocycles. The van der Waals surface area contributed by atoms with Crippen LogP contribution in [0.15, 0.2) is 42.5 Å². The molecule has 1 N–H and O–H groups in total. The largest absolute Gasteiger partial charge is 0.454 e. The van der Waals surface area contributed by atoms with Gasteiger partial charge in [-0.05, 0) is 66.7 Å². The van der Waals surface area contributed by atoms with Crippen LogP contribution in [0.3, 0.4) is 0 Å². The van der Waals surface area contributed by atoms with E-state index >= 15 is 0 Å². The van der Waals surface area contributed by atoms with E-state index in [2.05, 4.69) is 11.4 Å². The summed E-state index contributed by atoms with van der Waals surface area (Å²) in [5.74, 6) is 0.669. The number of aromatic nitrogens is 1. The molecule has 7 heteroatoms. The Labute approximate surface area is 197 Å². The molecule has 1 aromatic heterocycles. The minimum absolute atomic E-state index is 0.230. The number of para-hydroxylation sites is 1. The Hall–Kier alpha value is -3.87. The summed E-state index contributed by atoms with van der Waals surface area (Å²) in [6, 6.07) is 13.4. The maximum absolute atomic E-state index is 13.2. The molecule has 0 bridgehead atoms. The second kappa shape index (κ2) is 9.55. The van der Waals surface area contributed by atoms with Gasteiger partial charge in [0.2, 0.25) is 6.79 Å². The van der Waals surface area contributed by atoms with Gasteiger partial charge in [0.05, 0.1) is 16.8 Å². The first-order valence-corrected chi connectivity index (χ1v) is 11.6. The van der Waals surface area contributed by atoms with E-state index in [0.717, 1.165) is 70.5 Å². The van der Waals surface area contributed by atoms with Crippen LogP contribution in [0.4, 0.5) is 0 Å². The zero-order chi connectivity index (χ0) is 23.5. The lowest BCUT2D eigenvalue weighted by atomic mass is 9.86. The first-order chi connectivity index (χ1) is 16.6. The highest BCUT2D eigenvalue weighted by Crippen LogP contribution is 2.38. The van der Waals surface area contributed by atoms with Gasteiger partial charge < -0.3 is 19.5 Å². The molecule has 174 valence electrons. The molecule has 5 rings (SSSR count). The van der Waals surface area contributed by atoms with Crippen LogP contribution < -0.4 is 14.8 Å². The molecule has 0 radical (unpaired) electrons. The molecule has 3 aromatic rings. The van der Waals surface area contributed by atoms with Gasteiger partial charge in [-0.3, -0.25) is 4.79 Å². The van der Waals surface area contributed by atoms with E-state index in [0.29, 0.717) is 12.1 Å². The molecule has 34 heavy (non-hydrogen) atoms. The van der Waals surface area contributed by atoms with Crippen molar-refractivity contribution in [2.75, 3.05) is 19.9 Å². The van der Waals surface area contributed by atoms with Crippen molar-refractivity contribution in [2.45, 2.75) is 32.6 Å². The molecule has 0 atom stereocenters. The van der Waals surface area contributed by atoms with E-state index < -0.39 is 5.97 Å². The molecule has 1 aliphatic heterocycles. The number of nitrogens with one attached hydrogen (secondary N) is 1. The number of nitrogens with zero attached hydrogens (tertiary/aromatic N) is 1. The Balaban J connectivity index is 1.53. The van der Waals surface area contributed by atoms with Crippen LogP contribution in [0, 0.1) is 0 Å². The number of rotatable bonds is 6. The van der Waals surface area contributed by atoms with Crippen LogP contribution in [0.2, 0.25) is 0 Å². The number of fused-ring (bicyclic) bond motifs is 3. The monoisotopic (exact) mass is 458 g/mol. The number of amides is 1. The van der Waals surface area contributed by atoms with Gasteiger partial charge in [0.25, 0.3) is 5.91 Å². The van der Waals surface area contributed by atoms with Crippen molar-refractivity contribution in [3.63, 3.8) is 0 Å². The number of hydrogen-bond donors (Lipinski definition) is 1. The fourth-order valence-corrected chi connectivity index (χ4v) is 4.43. The van der Waals surface area contributed by atoms with Crippen molar-refractivity contribution in [1.29, 1.82) is 0 Å². The number of carbonyl (C=O) groups is 2. The first kappa shape index (κ1) is 21.9. The summed E-state index contributed by atoms with van der Waals surface area (Å²) >= 11 is 0. The third kappa shape index (κ3) is 4.33. The molecular formula is C27H26N2O5. The first-order valence-electron chi connectivity index (χ1n) is 11.6. The van der Waals surface area contributed by atoms with Crippen LogP contribution in [0.1, 0.15) is 53.4 Å². The molecule has 0 spiro atoms. The Bertz CT molecular complexity index is 1300. The molecule has 7 nitrogen and oxygen atoms in total. The minimum atomic E-state index is -0.495. The number of ether oxygens (including phenoxy) is 3. The van der Waals surface area contributed by atoms with Crippen LogP contribution in [0.25, 0.3) is 22.6 Å². The van der Waals surface area contributed by atoms with Crippen molar-refractivity contribution in [3.8, 4) is 11.5 Å². The Morgan fingerprint density at radius 1 is 1.12 bits per heavy atom. The number of benzene rings is 2. The van der Waals surface area contributed by atoms with E-state index in [-0.39, 0.29) is 19.3 Å². The zero-order valence-corrected chi connectivity index (χ0v) is 19.1. The van der Waals surface area contributed by atoms with Crippen molar-refractivity contribution in [3.05, 3.63) is 64.8 Å². The molecule has 2 aromatic carbocycles. The summed E-state index contributed by atoms with van der Waals surface area (Å²) in [5, 5.41) is 3.47. The third-order valence-corrected chi connectivity index (χ3v) is 6.02. The molecule has 2 aliphatic rings. The predicted molar refractivity (Wildman–Crippen MR) is 129 cm³/mol. The van der Waals surface area contributed by atoms with Gasteiger partial charge in [0, 0.05) is 11.9 Å². The fraction of sp³-hybridized carbons (Fsp3) is 0.296. The average Bonchev–Trinajstić information content (AvgIpc) is 3.33. The number of carbonyl (C=O) groups excluding carboxylic acids is 2. The van der Waals surface area contributed by atoms with E-state index in [4.69, 9.17) is 19.2 Å². The summed E-state index contributed by atoms with van der Waals surface area (Å²) in [7, 11) is 0. The van der Waals surface area contributed by atoms with Gasteiger partial charge >= 0.3 is 5.97 Å². The second-order valence-electron chi connectivity index (χ2n) is 8.39. The molecule has 0 saturated carbocycles. The lowest BCUT2D eigenvalue weighted by molar-refractivity contribution is -0.124. The van der Waals surface area contributed by atoms with Crippen LogP contribution >= 0.6 is 0 Å². The van der Waals surface area contributed by atoms with Gasteiger partial charge in [-0.2, -0.15) is 0 Å². The Morgan fingerprint density at radius 2 is 1.97 bits per heavy atom. The standard InChI is InChI=1S/C27H26N2O5/c1-2-12-28-24(30)15-32-27(31)25-19-7-3-4-9-21(19)29-26-18(6-5-8-20(25)26)13-17-10-11-22-23(14-17)34-16-33-22/h3-4,7,9-11,13-14H,2,5-6,8,12,15-16H2,1H3,(H,28,30). The number of allylic oxidation sites excluding steroid dienone is 1. The van der Waals surface area contributed by atoms with Crippen molar-refractivity contribution in [2.24, 2.45) is 0 Å². The minimum Gasteiger partial charge on any atom is -0.454 e. The summed E-state index contributed by atoms with van der Waals surface area (Å²) in [6.45, 7) is 2.45. The third-order valence-electron chi connectivity index (χ3n) is 6.02. The maximum atomic E-state index is 13.2. The molecular weight excluding hydrogens is 432 g/mol. The maximum Gasteiger partial charge on any atom is 0.339 e. The lowest BCUT2D eigenvalue weighted by Crippen LogP contribution is -2.29. The van der Waals surface area contributed by atoms with Crippen molar-refractivity contribution >= 4 is 34.4 Å². The van der Waals surface area contributed by atoms with E-state index in [1.165, 1.54) is 0 Å². The van der Waals surface area contributed by atoms with Gasteiger partial charge in [0.1, 0.15) is 0 Å². The number of hydrogen-bond acceptors (Lipinski definition) is 6. The molecule has 1 amide bonds. The van der Waals surface area contributed by atoms with E-state index in [9.17, 15) is 9.59 Å². The highest BCUT2D eigenvalue weighted by atomic mass is 16.7. The molecule has 0 unspecified atom stereocenters. The molecule has 0 saturated heterocycles. The van der Waals surface area contributed by atoms with Crippen LogP contribution in [-0.4, -0.2) is 36.8 Å². The smallest absolute Gasteiger partial charge is 0.339 e. The highest BCUT2D eigenvalue weighted by molar-refractivity contribution is 6.07. The highest BCUT2D eigenvalue weighted by Gasteiger charge is 2.26. The normalized spacial score (nSPS) is 15.3. The topological polar surface area (TPSA) is 86.8 Å². The van der Waals surface area contributed by atoms with Crippen LogP contribution in [-0.2, 0) is 16.0 Å². The Morgan fingerprint density at radius 3 is 2.85 bits per heavy atom. The zero-order valence-electron chi connectivity index (χ0n) is 19.1. The predicted octanol–water partition coefficient (Wildman–Crippen LogP) is 4.52. The average molecular weight is 459 g/mol. The van der Waals surface area contributed by atoms with E-state index in [1.807, 2.05) is 49.4 Å². The molecule has 1 aliphatic carbocycles. The molecule has 0 fully saturated rings. The van der Waals surface area contributed by atoms with E-state index in [1.54, 1.807) is 0 Å². The number of pyridine rings is 1. The Kier molecular flexibility index (Phi) is 6.16. The van der Waals surface area contributed by atoms with Crippen molar-refractivity contribution < 1.29 is 23.8 Å². The SMILES string of the molecule is CCCNC(=O)COC(=O)c1c2c(nc3ccccc13)C(=Cc1ccc3c(c1)OCO3)CCC2. The quantitative estimate of drug-likeness (QED) is 0.547. The van der Waals surface area contributed by atoms with Gasteiger partial charge in [-0.25, -0.2) is 9.78 Å². The summed E-state index contributed by atoms with van der Waals surface area (Å²) in [6.07, 6.45) is 5.37. The summed E-state index contributed by atoms with van der Waals surface area (Å²) in [4.78, 5) is 30.2. The fourth-order valence-electron chi connectivity index (χ4n) is 4.43. The summed E-state index contributed by atoms with van der Waals surface area (Å²) in [5.41, 5.74) is 4.95. The van der Waals surface area contributed by atoms with Gasteiger partial charge in [0.15, 0.2) is 18.1 Å². The second-order valence-corrected chi connectivity index (χ2v) is 8.39. The number of esters is 1. The summed E-state index contributed by atoms with van der Waals surface area (Å²) < 4.78 is 16.4. The van der Waals surface area contributed by atoms with Crippen molar-refractivity contribution in [1.82, 2.24) is 10.3 Å². The van der Waals surface area contributed by atoms with Crippen LogP contribution in [0.5, 0.6) is 11.5 Å². The lowest BCUT2D eigenvalue weighted by Gasteiger charge is -2.22.